The van der Waals surface area contributed by atoms with E-state index in [0.717, 1.165) is 24.1 Å². The van der Waals surface area contributed by atoms with Crippen molar-refractivity contribution < 1.29 is 14.6 Å². The van der Waals surface area contributed by atoms with Gasteiger partial charge < -0.3 is 9.84 Å². The topological polar surface area (TPSA) is 46.5 Å². The molecular formula is C14H16O3S2. The number of carbonyl (C=O) groups is 1. The van der Waals surface area contributed by atoms with Crippen molar-refractivity contribution in [2.45, 2.75) is 26.2 Å². The molecule has 2 heterocycles. The van der Waals surface area contributed by atoms with Gasteiger partial charge in [0.15, 0.2) is 4.88 Å². The molecule has 0 radical (unpaired) electrons. The molecule has 3 nitrogen and oxygen atoms in total. The summed E-state index contributed by atoms with van der Waals surface area (Å²) in [6.45, 7) is 2.60. The molecule has 0 amide bonds. The van der Waals surface area contributed by atoms with Crippen LogP contribution in [-0.2, 0) is 12.8 Å². The van der Waals surface area contributed by atoms with E-state index in [-0.39, 0.29) is 0 Å². The highest BCUT2D eigenvalue weighted by atomic mass is 32.1. The summed E-state index contributed by atoms with van der Waals surface area (Å²) in [5.74, 6) is -0.393. The van der Waals surface area contributed by atoms with Gasteiger partial charge in [0.2, 0.25) is 0 Å². The number of thiophene rings is 2. The van der Waals surface area contributed by atoms with Crippen molar-refractivity contribution in [2.24, 2.45) is 0 Å². The van der Waals surface area contributed by atoms with E-state index in [1.54, 1.807) is 11.3 Å². The second-order valence-electron chi connectivity index (χ2n) is 4.14. The second-order valence-corrected chi connectivity index (χ2v) is 6.31. The summed E-state index contributed by atoms with van der Waals surface area (Å²) >= 11 is 3.01. The van der Waals surface area contributed by atoms with Crippen LogP contribution in [-0.4, -0.2) is 17.7 Å². The first-order valence-corrected chi connectivity index (χ1v) is 7.91. The fraction of sp³-hybridized carbons (Fsp3) is 0.357. The Morgan fingerprint density at radius 2 is 2.21 bits per heavy atom. The second kappa shape index (κ2) is 6.73. The summed E-state index contributed by atoms with van der Waals surface area (Å²) in [4.78, 5) is 13.8. The molecule has 0 spiro atoms. The number of hydrogen-bond donors (Lipinski definition) is 1. The maximum Gasteiger partial charge on any atom is 0.349 e. The minimum Gasteiger partial charge on any atom is -0.491 e. The van der Waals surface area contributed by atoms with E-state index in [1.165, 1.54) is 16.2 Å². The van der Waals surface area contributed by atoms with Crippen molar-refractivity contribution >= 4 is 28.6 Å². The quantitative estimate of drug-likeness (QED) is 0.837. The molecule has 0 unspecified atom stereocenters. The fourth-order valence-electron chi connectivity index (χ4n) is 1.76. The Kier molecular flexibility index (Phi) is 4.99. The predicted octanol–water partition coefficient (Wildman–Crippen LogP) is 4.08. The molecule has 0 atom stereocenters. The lowest BCUT2D eigenvalue weighted by atomic mass is 10.3. The molecule has 0 aromatic carbocycles. The molecule has 19 heavy (non-hydrogen) atoms. The van der Waals surface area contributed by atoms with E-state index in [0.29, 0.717) is 17.2 Å². The maximum atomic E-state index is 11.2. The minimum absolute atomic E-state index is 0.314. The lowest BCUT2D eigenvalue weighted by molar-refractivity contribution is 0.0698. The van der Waals surface area contributed by atoms with Gasteiger partial charge in [-0.15, -0.1) is 22.7 Å². The van der Waals surface area contributed by atoms with Crippen LogP contribution in [0.15, 0.2) is 23.6 Å². The third kappa shape index (κ3) is 3.81. The SMILES string of the molecule is CCCc1cc(OCCc2cccs2)c(C(=O)O)s1. The predicted molar refractivity (Wildman–Crippen MR) is 78.8 cm³/mol. The minimum atomic E-state index is -0.904. The molecule has 5 heteroatoms. The Balaban J connectivity index is 1.99. The summed E-state index contributed by atoms with van der Waals surface area (Å²) in [5.41, 5.74) is 0. The van der Waals surface area contributed by atoms with Crippen LogP contribution in [0.5, 0.6) is 5.75 Å². The number of aryl methyl sites for hydroxylation is 1. The highest BCUT2D eigenvalue weighted by Gasteiger charge is 2.16. The molecule has 2 aromatic rings. The Morgan fingerprint density at radius 3 is 2.84 bits per heavy atom. The first-order valence-electron chi connectivity index (χ1n) is 6.22. The lowest BCUT2D eigenvalue weighted by Gasteiger charge is -2.03. The molecular weight excluding hydrogens is 280 g/mol. The zero-order valence-electron chi connectivity index (χ0n) is 10.7. The number of aromatic carboxylic acids is 1. The van der Waals surface area contributed by atoms with Crippen molar-refractivity contribution in [2.75, 3.05) is 6.61 Å². The third-order valence-electron chi connectivity index (χ3n) is 2.63. The van der Waals surface area contributed by atoms with Crippen LogP contribution in [0.2, 0.25) is 0 Å². The van der Waals surface area contributed by atoms with Crippen LogP contribution in [0.4, 0.5) is 0 Å². The van der Waals surface area contributed by atoms with Gasteiger partial charge in [-0.25, -0.2) is 4.79 Å². The van der Waals surface area contributed by atoms with Crippen LogP contribution in [0.3, 0.4) is 0 Å². The zero-order valence-corrected chi connectivity index (χ0v) is 12.4. The lowest BCUT2D eigenvalue weighted by Crippen LogP contribution is -2.03. The van der Waals surface area contributed by atoms with E-state index >= 15 is 0 Å². The van der Waals surface area contributed by atoms with Crippen molar-refractivity contribution in [3.8, 4) is 5.75 Å². The average Bonchev–Trinajstić information content (AvgIpc) is 2.99. The highest BCUT2D eigenvalue weighted by molar-refractivity contribution is 7.14. The smallest absolute Gasteiger partial charge is 0.349 e. The van der Waals surface area contributed by atoms with Crippen molar-refractivity contribution in [1.29, 1.82) is 0 Å². The van der Waals surface area contributed by atoms with Gasteiger partial charge in [0.25, 0.3) is 0 Å². The molecule has 0 saturated carbocycles. The molecule has 0 saturated heterocycles. The Labute approximate surface area is 120 Å². The fourth-order valence-corrected chi connectivity index (χ4v) is 3.50. The summed E-state index contributed by atoms with van der Waals surface area (Å²) in [5, 5.41) is 11.2. The van der Waals surface area contributed by atoms with Gasteiger partial charge in [-0.2, -0.15) is 0 Å². The number of carboxylic acids is 1. The summed E-state index contributed by atoms with van der Waals surface area (Å²) < 4.78 is 5.64. The molecule has 2 aromatic heterocycles. The monoisotopic (exact) mass is 296 g/mol. The Morgan fingerprint density at radius 1 is 1.37 bits per heavy atom. The standard InChI is InChI=1S/C14H16O3S2/c1-2-4-11-9-12(13(19-11)14(15)16)17-7-6-10-5-3-8-18-10/h3,5,8-9H,2,4,6-7H2,1H3,(H,15,16). The van der Waals surface area contributed by atoms with E-state index in [4.69, 9.17) is 9.84 Å². The molecule has 2 rings (SSSR count). The van der Waals surface area contributed by atoms with E-state index in [1.807, 2.05) is 17.5 Å². The van der Waals surface area contributed by atoms with Crippen LogP contribution in [0.1, 0.15) is 32.8 Å². The van der Waals surface area contributed by atoms with Crippen LogP contribution < -0.4 is 4.74 Å². The van der Waals surface area contributed by atoms with Gasteiger partial charge in [0.05, 0.1) is 6.61 Å². The summed E-state index contributed by atoms with van der Waals surface area (Å²) in [6.07, 6.45) is 2.73. The normalized spacial score (nSPS) is 10.6. The van der Waals surface area contributed by atoms with E-state index in [2.05, 4.69) is 13.0 Å². The third-order valence-corrected chi connectivity index (χ3v) is 4.73. The van der Waals surface area contributed by atoms with E-state index < -0.39 is 5.97 Å². The van der Waals surface area contributed by atoms with Crippen LogP contribution in [0.25, 0.3) is 0 Å². The molecule has 1 N–H and O–H groups in total. The van der Waals surface area contributed by atoms with E-state index in [9.17, 15) is 4.79 Å². The Hall–Kier alpha value is -1.33. The largest absolute Gasteiger partial charge is 0.491 e. The number of ether oxygens (including phenoxy) is 1. The van der Waals surface area contributed by atoms with Crippen LogP contribution in [0, 0.1) is 0 Å². The van der Waals surface area contributed by atoms with Crippen molar-refractivity contribution in [3.63, 3.8) is 0 Å². The summed E-state index contributed by atoms with van der Waals surface area (Å²) in [7, 11) is 0. The summed E-state index contributed by atoms with van der Waals surface area (Å²) in [6, 6.07) is 5.93. The molecule has 0 aliphatic heterocycles. The maximum absolute atomic E-state index is 11.2. The molecule has 0 fully saturated rings. The van der Waals surface area contributed by atoms with Gasteiger partial charge in [-0.1, -0.05) is 19.4 Å². The molecule has 0 aliphatic carbocycles. The number of carboxylic acid groups (broad SMARTS) is 1. The van der Waals surface area contributed by atoms with Crippen LogP contribution >= 0.6 is 22.7 Å². The Bertz CT molecular complexity index is 529. The average molecular weight is 296 g/mol. The van der Waals surface area contributed by atoms with Gasteiger partial charge in [-0.05, 0) is 23.9 Å². The van der Waals surface area contributed by atoms with Gasteiger partial charge in [-0.3, -0.25) is 0 Å². The highest BCUT2D eigenvalue weighted by Crippen LogP contribution is 2.30. The van der Waals surface area contributed by atoms with Crippen molar-refractivity contribution in [3.05, 3.63) is 38.2 Å². The molecule has 102 valence electrons. The first-order chi connectivity index (χ1) is 9.20. The van der Waals surface area contributed by atoms with Gasteiger partial charge in [0, 0.05) is 16.2 Å². The number of hydrogen-bond acceptors (Lipinski definition) is 4. The zero-order chi connectivity index (χ0) is 13.7. The molecule has 0 aliphatic rings. The van der Waals surface area contributed by atoms with Gasteiger partial charge in [0.1, 0.15) is 5.75 Å². The van der Waals surface area contributed by atoms with Crippen molar-refractivity contribution in [1.82, 2.24) is 0 Å². The number of rotatable bonds is 7. The van der Waals surface area contributed by atoms with Gasteiger partial charge >= 0.3 is 5.97 Å². The molecule has 0 bridgehead atoms. The first kappa shape index (κ1) is 14.1.